The van der Waals surface area contributed by atoms with E-state index in [1.807, 2.05) is 13.8 Å². The zero-order valence-electron chi connectivity index (χ0n) is 13.7. The third kappa shape index (κ3) is 3.93. The molecule has 2 fully saturated rings. The first-order valence-corrected chi connectivity index (χ1v) is 8.18. The van der Waals surface area contributed by atoms with Gasteiger partial charge in [0.25, 0.3) is 5.91 Å². The Labute approximate surface area is 136 Å². The normalized spacial score (nSPS) is 24.6. The van der Waals surface area contributed by atoms with Gasteiger partial charge in [0.15, 0.2) is 6.10 Å². The number of hydrogen-bond acceptors (Lipinski definition) is 4. The predicted molar refractivity (Wildman–Crippen MR) is 82.0 cm³/mol. The van der Waals surface area contributed by atoms with Gasteiger partial charge in [-0.2, -0.15) is 0 Å². The van der Waals surface area contributed by atoms with Crippen LogP contribution in [0.4, 0.5) is 4.79 Å². The molecular formula is C15H25N3O5. The largest absolute Gasteiger partial charge is 0.479 e. The molecule has 3 amide bonds. The number of carbonyl (C=O) groups excluding carboxylic acids is 2. The molecule has 2 saturated heterocycles. The van der Waals surface area contributed by atoms with Gasteiger partial charge in [-0.1, -0.05) is 0 Å². The zero-order chi connectivity index (χ0) is 17.0. The van der Waals surface area contributed by atoms with Gasteiger partial charge < -0.3 is 24.5 Å². The standard InChI is InChI=1S/C15H25N3O5/c1-3-16(4-2)15(22)18-9-7-17(8-10-18)13(19)11-5-6-12(23-11)14(20)21/h11-12H,3-10H2,1-2H3,(H,20,21)/t11-,12+/m0/s1. The number of nitrogens with zero attached hydrogens (tertiary/aromatic N) is 3. The molecule has 0 radical (unpaired) electrons. The summed E-state index contributed by atoms with van der Waals surface area (Å²) in [6.07, 6.45) is -0.740. The minimum absolute atomic E-state index is 0.00477. The molecule has 0 unspecified atom stereocenters. The van der Waals surface area contributed by atoms with Gasteiger partial charge >= 0.3 is 12.0 Å². The molecule has 0 aromatic rings. The molecule has 2 atom stereocenters. The van der Waals surface area contributed by atoms with Crippen molar-refractivity contribution in [3.8, 4) is 0 Å². The maximum absolute atomic E-state index is 12.4. The molecule has 0 spiro atoms. The van der Waals surface area contributed by atoms with Crippen molar-refractivity contribution in [3.63, 3.8) is 0 Å². The minimum atomic E-state index is -1.02. The van der Waals surface area contributed by atoms with Crippen molar-refractivity contribution in [2.45, 2.75) is 38.9 Å². The van der Waals surface area contributed by atoms with Crippen LogP contribution in [-0.4, -0.2) is 89.2 Å². The summed E-state index contributed by atoms with van der Waals surface area (Å²) in [5.74, 6) is -1.18. The molecule has 0 bridgehead atoms. The molecule has 0 aromatic carbocycles. The molecular weight excluding hydrogens is 302 g/mol. The summed E-state index contributed by atoms with van der Waals surface area (Å²) in [5.41, 5.74) is 0. The van der Waals surface area contributed by atoms with Crippen LogP contribution in [0.1, 0.15) is 26.7 Å². The van der Waals surface area contributed by atoms with Crippen molar-refractivity contribution in [1.82, 2.24) is 14.7 Å². The van der Waals surface area contributed by atoms with Crippen LogP contribution in [0.25, 0.3) is 0 Å². The SMILES string of the molecule is CCN(CC)C(=O)N1CCN(C(=O)[C@@H]2CC[C@H](C(=O)O)O2)CC1. The van der Waals surface area contributed by atoms with E-state index in [1.54, 1.807) is 14.7 Å². The van der Waals surface area contributed by atoms with E-state index < -0.39 is 18.2 Å². The maximum Gasteiger partial charge on any atom is 0.332 e. The summed E-state index contributed by atoms with van der Waals surface area (Å²) in [7, 11) is 0. The molecule has 130 valence electrons. The lowest BCUT2D eigenvalue weighted by atomic mass is 10.1. The summed E-state index contributed by atoms with van der Waals surface area (Å²) in [6, 6.07) is 0.00477. The fourth-order valence-corrected chi connectivity index (χ4v) is 3.02. The van der Waals surface area contributed by atoms with Gasteiger partial charge in [0.1, 0.15) is 6.10 Å². The Morgan fingerprint density at radius 1 is 1.00 bits per heavy atom. The van der Waals surface area contributed by atoms with Crippen molar-refractivity contribution in [2.24, 2.45) is 0 Å². The van der Waals surface area contributed by atoms with Gasteiger partial charge in [-0.05, 0) is 26.7 Å². The molecule has 2 rings (SSSR count). The molecule has 0 aliphatic carbocycles. The first kappa shape index (κ1) is 17.5. The molecule has 2 heterocycles. The topological polar surface area (TPSA) is 90.4 Å². The van der Waals surface area contributed by atoms with E-state index in [2.05, 4.69) is 0 Å². The fraction of sp³-hybridized carbons (Fsp3) is 0.800. The number of piperazine rings is 1. The van der Waals surface area contributed by atoms with Crippen LogP contribution < -0.4 is 0 Å². The van der Waals surface area contributed by atoms with Crippen LogP contribution in [0, 0.1) is 0 Å². The Morgan fingerprint density at radius 2 is 1.52 bits per heavy atom. The quantitative estimate of drug-likeness (QED) is 0.798. The smallest absolute Gasteiger partial charge is 0.332 e. The number of urea groups is 1. The molecule has 0 aromatic heterocycles. The number of rotatable bonds is 4. The first-order valence-electron chi connectivity index (χ1n) is 8.18. The Kier molecular flexibility index (Phi) is 5.81. The number of amides is 3. The van der Waals surface area contributed by atoms with Crippen LogP contribution in [0.3, 0.4) is 0 Å². The van der Waals surface area contributed by atoms with Crippen LogP contribution in [0.15, 0.2) is 0 Å². The Morgan fingerprint density at radius 3 is 2.00 bits per heavy atom. The van der Waals surface area contributed by atoms with Crippen molar-refractivity contribution in [1.29, 1.82) is 0 Å². The zero-order valence-corrected chi connectivity index (χ0v) is 13.7. The van der Waals surface area contributed by atoms with Crippen LogP contribution >= 0.6 is 0 Å². The van der Waals surface area contributed by atoms with Crippen LogP contribution in [-0.2, 0) is 14.3 Å². The number of hydrogen-bond donors (Lipinski definition) is 1. The molecule has 23 heavy (non-hydrogen) atoms. The van der Waals surface area contributed by atoms with E-state index in [0.717, 1.165) is 0 Å². The highest BCUT2D eigenvalue weighted by atomic mass is 16.5. The number of carboxylic acid groups (broad SMARTS) is 1. The maximum atomic E-state index is 12.4. The van der Waals surface area contributed by atoms with Crippen molar-refractivity contribution in [3.05, 3.63) is 0 Å². The fourth-order valence-electron chi connectivity index (χ4n) is 3.02. The number of aliphatic carboxylic acids is 1. The van der Waals surface area contributed by atoms with Crippen molar-refractivity contribution >= 4 is 17.9 Å². The van der Waals surface area contributed by atoms with Gasteiger partial charge in [0.05, 0.1) is 0 Å². The molecule has 2 aliphatic heterocycles. The van der Waals surface area contributed by atoms with E-state index >= 15 is 0 Å². The van der Waals surface area contributed by atoms with Crippen molar-refractivity contribution in [2.75, 3.05) is 39.3 Å². The Balaban J connectivity index is 1.83. The summed E-state index contributed by atoms with van der Waals surface area (Å²) in [5, 5.41) is 8.92. The highest BCUT2D eigenvalue weighted by Gasteiger charge is 2.38. The lowest BCUT2D eigenvalue weighted by molar-refractivity contribution is -0.155. The van der Waals surface area contributed by atoms with Gasteiger partial charge in [-0.15, -0.1) is 0 Å². The van der Waals surface area contributed by atoms with Crippen molar-refractivity contribution < 1.29 is 24.2 Å². The number of ether oxygens (including phenoxy) is 1. The monoisotopic (exact) mass is 327 g/mol. The predicted octanol–water partition coefficient (Wildman–Crippen LogP) is 0.225. The van der Waals surface area contributed by atoms with Crippen LogP contribution in [0.2, 0.25) is 0 Å². The summed E-state index contributed by atoms with van der Waals surface area (Å²) >= 11 is 0. The molecule has 8 nitrogen and oxygen atoms in total. The number of carbonyl (C=O) groups is 3. The second-order valence-corrected chi connectivity index (χ2v) is 5.80. The summed E-state index contributed by atoms with van der Waals surface area (Å²) in [4.78, 5) is 40.7. The van der Waals surface area contributed by atoms with E-state index in [9.17, 15) is 14.4 Å². The average Bonchev–Trinajstić information content (AvgIpc) is 3.05. The second-order valence-electron chi connectivity index (χ2n) is 5.80. The third-order valence-corrected chi connectivity index (χ3v) is 4.47. The van der Waals surface area contributed by atoms with Gasteiger partial charge in [0.2, 0.25) is 0 Å². The minimum Gasteiger partial charge on any atom is -0.479 e. The Bertz CT molecular complexity index is 458. The van der Waals surface area contributed by atoms with Gasteiger partial charge in [-0.3, -0.25) is 4.79 Å². The highest BCUT2D eigenvalue weighted by molar-refractivity contribution is 5.83. The van der Waals surface area contributed by atoms with Crippen LogP contribution in [0.5, 0.6) is 0 Å². The average molecular weight is 327 g/mol. The Hall–Kier alpha value is -1.83. The third-order valence-electron chi connectivity index (χ3n) is 4.47. The molecule has 0 saturated carbocycles. The second kappa shape index (κ2) is 7.63. The summed E-state index contributed by atoms with van der Waals surface area (Å²) in [6.45, 7) is 7.13. The number of carboxylic acids is 1. The van der Waals surface area contributed by atoms with E-state index in [1.165, 1.54) is 0 Å². The van der Waals surface area contributed by atoms with E-state index in [4.69, 9.17) is 9.84 Å². The highest BCUT2D eigenvalue weighted by Crippen LogP contribution is 2.22. The summed E-state index contributed by atoms with van der Waals surface area (Å²) < 4.78 is 5.31. The lowest BCUT2D eigenvalue weighted by Gasteiger charge is -2.37. The molecule has 1 N–H and O–H groups in total. The molecule has 2 aliphatic rings. The van der Waals surface area contributed by atoms with Gasteiger partial charge in [0, 0.05) is 39.3 Å². The lowest BCUT2D eigenvalue weighted by Crippen LogP contribution is -2.55. The first-order chi connectivity index (χ1) is 11.0. The molecule has 8 heteroatoms. The van der Waals surface area contributed by atoms with E-state index in [0.29, 0.717) is 52.1 Å². The van der Waals surface area contributed by atoms with E-state index in [-0.39, 0.29) is 11.9 Å². The van der Waals surface area contributed by atoms with Gasteiger partial charge in [-0.25, -0.2) is 9.59 Å².